The Morgan fingerprint density at radius 1 is 1.67 bits per heavy atom. The monoisotopic (exact) mass is 206 g/mol. The van der Waals surface area contributed by atoms with Gasteiger partial charge in [-0.25, -0.2) is 4.98 Å². The molecule has 1 aromatic heterocycles. The Labute approximate surface area is 90.9 Å². The molecule has 0 unspecified atom stereocenters. The molecule has 15 heavy (non-hydrogen) atoms. The van der Waals surface area contributed by atoms with Gasteiger partial charge in [0.25, 0.3) is 0 Å². The Bertz CT molecular complexity index is 339. The molecule has 1 N–H and O–H groups in total. The Morgan fingerprint density at radius 3 is 3.07 bits per heavy atom. The molecule has 1 heterocycles. The largest absolute Gasteiger partial charge is 0.498 e. The summed E-state index contributed by atoms with van der Waals surface area (Å²) >= 11 is 0. The summed E-state index contributed by atoms with van der Waals surface area (Å²) in [5.41, 5.74) is 2.28. The normalized spacial score (nSPS) is 11.5. The first kappa shape index (κ1) is 11.6. The summed E-state index contributed by atoms with van der Waals surface area (Å²) in [5.74, 6) is 0.906. The number of nitrogens with one attached hydrogen (secondary N) is 1. The van der Waals surface area contributed by atoms with Crippen LogP contribution in [0.15, 0.2) is 30.8 Å². The number of nitrogens with zero attached hydrogens (tertiary/aromatic N) is 1. The third-order valence-electron chi connectivity index (χ3n) is 2.17. The van der Waals surface area contributed by atoms with E-state index in [1.165, 1.54) is 0 Å². The summed E-state index contributed by atoms with van der Waals surface area (Å²) in [6.45, 7) is 8.30. The van der Waals surface area contributed by atoms with Crippen molar-refractivity contribution >= 4 is 0 Å². The quantitative estimate of drug-likeness (QED) is 0.441. The molecule has 1 rings (SSSR count). The van der Waals surface area contributed by atoms with Crippen LogP contribution in [0.25, 0.3) is 0 Å². The van der Waals surface area contributed by atoms with Crippen molar-refractivity contribution in [2.75, 3.05) is 6.61 Å². The van der Waals surface area contributed by atoms with Crippen LogP contribution in [0.5, 0.6) is 0 Å². The molecule has 0 aromatic carbocycles. The van der Waals surface area contributed by atoms with Crippen molar-refractivity contribution in [2.24, 2.45) is 0 Å². The van der Waals surface area contributed by atoms with E-state index in [1.54, 1.807) is 12.4 Å². The Morgan fingerprint density at radius 2 is 2.47 bits per heavy atom. The SMILES string of the molecule is C=C/C=C(\C)OCCCc1nc[nH]c1C. The molecule has 0 fully saturated rings. The van der Waals surface area contributed by atoms with Crippen LogP contribution < -0.4 is 0 Å². The van der Waals surface area contributed by atoms with E-state index in [0.29, 0.717) is 0 Å². The lowest BCUT2D eigenvalue weighted by atomic mass is 10.2. The van der Waals surface area contributed by atoms with Crippen LogP contribution in [0.2, 0.25) is 0 Å². The van der Waals surface area contributed by atoms with Gasteiger partial charge in [-0.15, -0.1) is 0 Å². The fourth-order valence-electron chi connectivity index (χ4n) is 1.33. The Balaban J connectivity index is 2.20. The molecule has 0 aliphatic carbocycles. The van der Waals surface area contributed by atoms with Gasteiger partial charge in [-0.3, -0.25) is 0 Å². The third-order valence-corrected chi connectivity index (χ3v) is 2.17. The second-order valence-corrected chi connectivity index (χ2v) is 3.44. The Kier molecular flexibility index (Phi) is 4.68. The smallest absolute Gasteiger partial charge is 0.0928 e. The maximum absolute atomic E-state index is 5.47. The molecule has 0 aliphatic rings. The van der Waals surface area contributed by atoms with Gasteiger partial charge in [-0.1, -0.05) is 12.7 Å². The number of aromatic nitrogens is 2. The van der Waals surface area contributed by atoms with Gasteiger partial charge in [0.1, 0.15) is 0 Å². The van der Waals surface area contributed by atoms with Gasteiger partial charge >= 0.3 is 0 Å². The van der Waals surface area contributed by atoms with Crippen molar-refractivity contribution in [3.8, 4) is 0 Å². The fraction of sp³-hybridized carbons (Fsp3) is 0.417. The van der Waals surface area contributed by atoms with Crippen LogP contribution in [-0.2, 0) is 11.2 Å². The molecular formula is C12H18N2O. The predicted molar refractivity (Wildman–Crippen MR) is 61.6 cm³/mol. The molecular weight excluding hydrogens is 188 g/mol. The highest BCUT2D eigenvalue weighted by atomic mass is 16.5. The Hall–Kier alpha value is -1.51. The number of aromatic amines is 1. The molecule has 3 nitrogen and oxygen atoms in total. The number of hydrogen-bond acceptors (Lipinski definition) is 2. The van der Waals surface area contributed by atoms with E-state index in [0.717, 1.165) is 36.6 Å². The molecule has 0 spiro atoms. The second-order valence-electron chi connectivity index (χ2n) is 3.44. The van der Waals surface area contributed by atoms with Gasteiger partial charge in [0.2, 0.25) is 0 Å². The zero-order valence-corrected chi connectivity index (χ0v) is 9.42. The van der Waals surface area contributed by atoms with Gasteiger partial charge in [0.15, 0.2) is 0 Å². The van der Waals surface area contributed by atoms with E-state index in [9.17, 15) is 0 Å². The van der Waals surface area contributed by atoms with Crippen LogP contribution >= 0.6 is 0 Å². The first-order valence-corrected chi connectivity index (χ1v) is 5.15. The van der Waals surface area contributed by atoms with E-state index >= 15 is 0 Å². The first-order chi connectivity index (χ1) is 7.24. The van der Waals surface area contributed by atoms with Crippen molar-refractivity contribution < 1.29 is 4.74 Å². The zero-order chi connectivity index (χ0) is 11.1. The highest BCUT2D eigenvalue weighted by Crippen LogP contribution is 2.05. The number of ether oxygens (including phenoxy) is 1. The number of rotatable bonds is 6. The molecule has 0 atom stereocenters. The van der Waals surface area contributed by atoms with Gasteiger partial charge in [-0.2, -0.15) is 0 Å². The van der Waals surface area contributed by atoms with E-state index < -0.39 is 0 Å². The molecule has 0 amide bonds. The van der Waals surface area contributed by atoms with Gasteiger partial charge < -0.3 is 9.72 Å². The topological polar surface area (TPSA) is 37.9 Å². The van der Waals surface area contributed by atoms with Gasteiger partial charge in [-0.05, 0) is 32.8 Å². The van der Waals surface area contributed by atoms with Crippen LogP contribution in [0.1, 0.15) is 24.7 Å². The highest BCUT2D eigenvalue weighted by Gasteiger charge is 2.00. The number of H-pyrrole nitrogens is 1. The lowest BCUT2D eigenvalue weighted by Gasteiger charge is -2.04. The summed E-state index contributed by atoms with van der Waals surface area (Å²) in [6.07, 6.45) is 7.26. The molecule has 0 saturated heterocycles. The summed E-state index contributed by atoms with van der Waals surface area (Å²) < 4.78 is 5.47. The minimum absolute atomic E-state index is 0.725. The van der Waals surface area contributed by atoms with E-state index in [-0.39, 0.29) is 0 Å². The van der Waals surface area contributed by atoms with E-state index in [2.05, 4.69) is 16.5 Å². The number of hydrogen-bond donors (Lipinski definition) is 1. The molecule has 0 bridgehead atoms. The van der Waals surface area contributed by atoms with Crippen LogP contribution in [-0.4, -0.2) is 16.6 Å². The lowest BCUT2D eigenvalue weighted by molar-refractivity contribution is 0.210. The average molecular weight is 206 g/mol. The van der Waals surface area contributed by atoms with Crippen molar-refractivity contribution in [3.05, 3.63) is 42.2 Å². The molecule has 0 radical (unpaired) electrons. The molecule has 82 valence electrons. The van der Waals surface area contributed by atoms with Gasteiger partial charge in [0.05, 0.1) is 24.4 Å². The number of imidazole rings is 1. The van der Waals surface area contributed by atoms with Crippen molar-refractivity contribution in [1.82, 2.24) is 9.97 Å². The summed E-state index contributed by atoms with van der Waals surface area (Å²) in [4.78, 5) is 7.29. The fourth-order valence-corrected chi connectivity index (χ4v) is 1.33. The standard InChI is InChI=1S/C12H18N2O/c1-4-6-10(2)15-8-5-7-12-11(3)13-9-14-12/h4,6,9H,1,5,7-8H2,2-3H3,(H,13,14)/b10-6+. The number of allylic oxidation sites excluding steroid dienone is 3. The van der Waals surface area contributed by atoms with Gasteiger partial charge in [0, 0.05) is 5.69 Å². The third kappa shape index (κ3) is 4.02. The molecule has 0 aliphatic heterocycles. The zero-order valence-electron chi connectivity index (χ0n) is 9.42. The molecule has 1 aromatic rings. The van der Waals surface area contributed by atoms with Crippen LogP contribution in [0.4, 0.5) is 0 Å². The first-order valence-electron chi connectivity index (χ1n) is 5.15. The maximum Gasteiger partial charge on any atom is 0.0928 e. The molecule has 3 heteroatoms. The highest BCUT2D eigenvalue weighted by molar-refractivity contribution is 5.08. The van der Waals surface area contributed by atoms with Crippen LogP contribution in [0.3, 0.4) is 0 Å². The van der Waals surface area contributed by atoms with Crippen molar-refractivity contribution in [3.63, 3.8) is 0 Å². The minimum atomic E-state index is 0.725. The lowest BCUT2D eigenvalue weighted by Crippen LogP contribution is -1.96. The van der Waals surface area contributed by atoms with Crippen LogP contribution in [0, 0.1) is 6.92 Å². The minimum Gasteiger partial charge on any atom is -0.498 e. The second kappa shape index (κ2) is 6.06. The number of aryl methyl sites for hydroxylation is 2. The maximum atomic E-state index is 5.47. The predicted octanol–water partition coefficient (Wildman–Crippen LogP) is 2.76. The summed E-state index contributed by atoms with van der Waals surface area (Å²) in [7, 11) is 0. The van der Waals surface area contributed by atoms with Crippen molar-refractivity contribution in [1.29, 1.82) is 0 Å². The van der Waals surface area contributed by atoms with E-state index in [4.69, 9.17) is 4.74 Å². The summed E-state index contributed by atoms with van der Waals surface area (Å²) in [5, 5.41) is 0. The van der Waals surface area contributed by atoms with E-state index in [1.807, 2.05) is 19.9 Å². The summed E-state index contributed by atoms with van der Waals surface area (Å²) in [6, 6.07) is 0. The average Bonchev–Trinajstić information content (AvgIpc) is 2.60. The van der Waals surface area contributed by atoms with Crippen molar-refractivity contribution in [2.45, 2.75) is 26.7 Å². The molecule has 0 saturated carbocycles.